The molecule has 2 aromatic rings. The number of hydrogen-bond acceptors (Lipinski definition) is 2. The highest BCUT2D eigenvalue weighted by Gasteiger charge is 2.20. The van der Waals surface area contributed by atoms with Gasteiger partial charge in [0.1, 0.15) is 0 Å². The average Bonchev–Trinajstić information content (AvgIpc) is 2.36. The predicted molar refractivity (Wildman–Crippen MR) is 57.5 cm³/mol. The second-order valence-electron chi connectivity index (χ2n) is 3.39. The van der Waals surface area contributed by atoms with Crippen molar-refractivity contribution in [2.75, 3.05) is 0 Å². The Balaban J connectivity index is 2.89. The van der Waals surface area contributed by atoms with E-state index in [2.05, 4.69) is 0 Å². The molecule has 2 rings (SSSR count). The van der Waals surface area contributed by atoms with Gasteiger partial charge in [0.15, 0.2) is 22.6 Å². The Hall–Kier alpha value is -2.09. The first-order valence-corrected chi connectivity index (χ1v) is 5.06. The highest BCUT2D eigenvalue weighted by atomic mass is 35.5. The van der Waals surface area contributed by atoms with E-state index < -0.39 is 45.4 Å². The fourth-order valence-electron chi connectivity index (χ4n) is 1.40. The van der Waals surface area contributed by atoms with Crippen molar-refractivity contribution < 1.29 is 17.6 Å². The van der Waals surface area contributed by atoms with Gasteiger partial charge in [-0.1, -0.05) is 11.6 Å². The van der Waals surface area contributed by atoms with Gasteiger partial charge in [-0.05, 0) is 12.1 Å². The van der Waals surface area contributed by atoms with Gasteiger partial charge in [-0.15, -0.1) is 0 Å². The molecule has 0 radical (unpaired) electrons. The number of H-pyrrole nitrogens is 1. The van der Waals surface area contributed by atoms with Crippen LogP contribution in [0, 0.1) is 23.3 Å². The summed E-state index contributed by atoms with van der Waals surface area (Å²) in [6.45, 7) is 0. The Labute approximate surface area is 106 Å². The Bertz CT molecular complexity index is 784. The van der Waals surface area contributed by atoms with E-state index in [0.29, 0.717) is 12.1 Å². The summed E-state index contributed by atoms with van der Waals surface area (Å²) < 4.78 is 52.4. The molecule has 19 heavy (non-hydrogen) atoms. The van der Waals surface area contributed by atoms with Gasteiger partial charge in [-0.3, -0.25) is 9.78 Å². The van der Waals surface area contributed by atoms with E-state index in [9.17, 15) is 27.2 Å². The number of aromatic amines is 1. The first-order valence-electron chi connectivity index (χ1n) is 4.68. The second-order valence-corrected chi connectivity index (χ2v) is 3.77. The second kappa shape index (κ2) is 4.54. The van der Waals surface area contributed by atoms with Crippen LogP contribution >= 0.6 is 11.6 Å². The lowest BCUT2D eigenvalue weighted by atomic mass is 10.2. The van der Waals surface area contributed by atoms with Gasteiger partial charge in [0, 0.05) is 0 Å². The molecule has 1 aromatic heterocycles. The van der Waals surface area contributed by atoms with E-state index in [-0.39, 0.29) is 4.57 Å². The Morgan fingerprint density at radius 2 is 1.63 bits per heavy atom. The SMILES string of the molecule is O=c1[nH]c(Cl)c(F)c(=O)n1-c1ccc(F)c(F)c1F. The van der Waals surface area contributed by atoms with Crippen molar-refractivity contribution in [1.82, 2.24) is 9.55 Å². The van der Waals surface area contributed by atoms with E-state index in [4.69, 9.17) is 11.6 Å². The van der Waals surface area contributed by atoms with Crippen molar-refractivity contribution in [1.29, 1.82) is 0 Å². The molecule has 0 aliphatic carbocycles. The summed E-state index contributed by atoms with van der Waals surface area (Å²) in [5.41, 5.74) is -3.80. The Morgan fingerprint density at radius 3 is 2.26 bits per heavy atom. The van der Waals surface area contributed by atoms with Crippen molar-refractivity contribution >= 4 is 11.6 Å². The van der Waals surface area contributed by atoms with Crippen molar-refractivity contribution in [3.05, 3.63) is 61.4 Å². The van der Waals surface area contributed by atoms with Crippen molar-refractivity contribution in [2.24, 2.45) is 0 Å². The van der Waals surface area contributed by atoms with Crippen LogP contribution in [0.3, 0.4) is 0 Å². The minimum Gasteiger partial charge on any atom is -0.295 e. The molecule has 1 heterocycles. The molecule has 0 saturated heterocycles. The maximum Gasteiger partial charge on any atom is 0.334 e. The normalized spacial score (nSPS) is 10.8. The summed E-state index contributed by atoms with van der Waals surface area (Å²) in [7, 11) is 0. The molecule has 1 aromatic carbocycles. The van der Waals surface area contributed by atoms with Crippen LogP contribution in [0.5, 0.6) is 0 Å². The van der Waals surface area contributed by atoms with Crippen LogP contribution < -0.4 is 11.2 Å². The molecule has 100 valence electrons. The third kappa shape index (κ3) is 2.03. The van der Waals surface area contributed by atoms with Gasteiger partial charge >= 0.3 is 5.69 Å². The van der Waals surface area contributed by atoms with Crippen LogP contribution in [0.1, 0.15) is 0 Å². The highest BCUT2D eigenvalue weighted by Crippen LogP contribution is 2.17. The van der Waals surface area contributed by atoms with Crippen LogP contribution in [0.25, 0.3) is 5.69 Å². The number of hydrogen-bond donors (Lipinski definition) is 1. The minimum absolute atomic E-state index is 0.0287. The van der Waals surface area contributed by atoms with Crippen molar-refractivity contribution in [2.45, 2.75) is 0 Å². The zero-order valence-corrected chi connectivity index (χ0v) is 9.56. The zero-order chi connectivity index (χ0) is 14.3. The number of nitrogens with zero attached hydrogens (tertiary/aromatic N) is 1. The monoisotopic (exact) mass is 294 g/mol. The number of aromatic nitrogens is 2. The summed E-state index contributed by atoms with van der Waals surface area (Å²) in [6, 6.07) is 1.11. The van der Waals surface area contributed by atoms with Crippen LogP contribution in [0.2, 0.25) is 5.15 Å². The smallest absolute Gasteiger partial charge is 0.295 e. The summed E-state index contributed by atoms with van der Waals surface area (Å²) in [5, 5.41) is -0.866. The van der Waals surface area contributed by atoms with Crippen LogP contribution in [-0.4, -0.2) is 9.55 Å². The molecule has 0 spiro atoms. The highest BCUT2D eigenvalue weighted by molar-refractivity contribution is 6.29. The van der Waals surface area contributed by atoms with Crippen LogP contribution in [-0.2, 0) is 0 Å². The Morgan fingerprint density at radius 1 is 1.00 bits per heavy atom. The molecule has 4 nitrogen and oxygen atoms in total. The molecule has 9 heteroatoms. The van der Waals surface area contributed by atoms with E-state index in [1.807, 2.05) is 0 Å². The van der Waals surface area contributed by atoms with Gasteiger partial charge in [0.25, 0.3) is 5.56 Å². The fourth-order valence-corrected chi connectivity index (χ4v) is 1.56. The zero-order valence-electron chi connectivity index (χ0n) is 8.81. The number of halogens is 5. The lowest BCUT2D eigenvalue weighted by Gasteiger charge is -2.07. The molecular formula is C10H3ClF4N2O2. The lowest BCUT2D eigenvalue weighted by Crippen LogP contribution is -2.36. The third-order valence-corrected chi connectivity index (χ3v) is 2.52. The predicted octanol–water partition coefficient (Wildman–Crippen LogP) is 1.74. The molecule has 0 atom stereocenters. The van der Waals surface area contributed by atoms with Gasteiger partial charge in [-0.25, -0.2) is 22.5 Å². The Kier molecular flexibility index (Phi) is 3.19. The maximum atomic E-state index is 13.5. The number of nitrogens with one attached hydrogen (secondary N) is 1. The standard InChI is InChI=1S/C10H3ClF4N2O2/c11-8-7(15)9(18)17(10(19)16-8)4-2-1-3(12)5(13)6(4)14/h1-2H,(H,16,19). The van der Waals surface area contributed by atoms with E-state index in [1.54, 1.807) is 4.98 Å². The molecule has 0 saturated carbocycles. The molecule has 1 N–H and O–H groups in total. The van der Waals surface area contributed by atoms with E-state index in [0.717, 1.165) is 0 Å². The van der Waals surface area contributed by atoms with Crippen LogP contribution in [0.15, 0.2) is 21.7 Å². The first kappa shape index (κ1) is 13.3. The first-order chi connectivity index (χ1) is 8.84. The maximum absolute atomic E-state index is 13.5. The van der Waals surface area contributed by atoms with E-state index >= 15 is 0 Å². The summed E-state index contributed by atoms with van der Waals surface area (Å²) in [5.74, 6) is -6.75. The van der Waals surface area contributed by atoms with Gasteiger partial charge in [0.2, 0.25) is 5.82 Å². The molecule has 0 aliphatic heterocycles. The third-order valence-electron chi connectivity index (χ3n) is 2.26. The molecule has 0 unspecified atom stereocenters. The molecule has 0 fully saturated rings. The largest absolute Gasteiger partial charge is 0.334 e. The topological polar surface area (TPSA) is 54.9 Å². The van der Waals surface area contributed by atoms with Crippen molar-refractivity contribution in [3.8, 4) is 5.69 Å². The summed E-state index contributed by atoms with van der Waals surface area (Å²) >= 11 is 5.20. The molecular weight excluding hydrogens is 292 g/mol. The lowest BCUT2D eigenvalue weighted by molar-refractivity contribution is 0.442. The van der Waals surface area contributed by atoms with E-state index in [1.165, 1.54) is 0 Å². The summed E-state index contributed by atoms with van der Waals surface area (Å²) in [6.07, 6.45) is 0. The van der Waals surface area contributed by atoms with Crippen molar-refractivity contribution in [3.63, 3.8) is 0 Å². The number of benzene rings is 1. The average molecular weight is 295 g/mol. The van der Waals surface area contributed by atoms with Gasteiger partial charge < -0.3 is 0 Å². The van der Waals surface area contributed by atoms with Gasteiger partial charge in [-0.2, -0.15) is 4.39 Å². The quantitative estimate of drug-likeness (QED) is 0.495. The molecule has 0 bridgehead atoms. The number of rotatable bonds is 1. The van der Waals surface area contributed by atoms with Gasteiger partial charge in [0.05, 0.1) is 5.69 Å². The fraction of sp³-hybridized carbons (Fsp3) is 0. The van der Waals surface area contributed by atoms with Crippen LogP contribution in [0.4, 0.5) is 17.6 Å². The molecule has 0 aliphatic rings. The summed E-state index contributed by atoms with van der Waals surface area (Å²) in [4.78, 5) is 24.6. The molecule has 0 amide bonds. The minimum atomic E-state index is -1.89.